The Balaban J connectivity index is 1.64. The fourth-order valence-electron chi connectivity index (χ4n) is 2.75. The van der Waals surface area contributed by atoms with Crippen molar-refractivity contribution in [1.82, 2.24) is 4.98 Å². The van der Waals surface area contributed by atoms with E-state index >= 15 is 0 Å². The Morgan fingerprint density at radius 2 is 1.92 bits per heavy atom. The van der Waals surface area contributed by atoms with Crippen molar-refractivity contribution < 1.29 is 9.53 Å². The van der Waals surface area contributed by atoms with Crippen molar-refractivity contribution in [2.45, 2.75) is 27.4 Å². The molecule has 1 N–H and O–H groups in total. The van der Waals surface area contributed by atoms with Crippen molar-refractivity contribution in [3.8, 4) is 5.75 Å². The molecule has 0 fully saturated rings. The summed E-state index contributed by atoms with van der Waals surface area (Å²) in [6.45, 7) is 6.58. The zero-order valence-electron chi connectivity index (χ0n) is 14.8. The lowest BCUT2D eigenvalue weighted by Crippen LogP contribution is -2.11. The van der Waals surface area contributed by atoms with Crippen LogP contribution in [0, 0.1) is 20.8 Å². The minimum atomic E-state index is -0.196. The molecule has 0 radical (unpaired) electrons. The zero-order chi connectivity index (χ0) is 18.7. The molecule has 0 spiro atoms. The number of nitrogens with zero attached hydrogens (tertiary/aromatic N) is 1. The summed E-state index contributed by atoms with van der Waals surface area (Å²) in [4.78, 5) is 17.0. The van der Waals surface area contributed by atoms with Gasteiger partial charge in [-0.15, -0.1) is 11.3 Å². The molecular weight excluding hydrogens is 368 g/mol. The maximum atomic E-state index is 12.3. The van der Waals surface area contributed by atoms with Crippen molar-refractivity contribution in [2.75, 3.05) is 5.32 Å². The van der Waals surface area contributed by atoms with Crippen molar-refractivity contribution in [1.29, 1.82) is 0 Å². The molecule has 3 aromatic rings. The third kappa shape index (κ3) is 4.42. The first kappa shape index (κ1) is 18.4. The lowest BCUT2D eigenvalue weighted by molar-refractivity contribution is 0.103. The van der Waals surface area contributed by atoms with Crippen LogP contribution < -0.4 is 10.1 Å². The van der Waals surface area contributed by atoms with E-state index in [1.807, 2.05) is 25.3 Å². The number of amides is 1. The van der Waals surface area contributed by atoms with Gasteiger partial charge in [0.15, 0.2) is 0 Å². The van der Waals surface area contributed by atoms with Crippen molar-refractivity contribution in [3.63, 3.8) is 0 Å². The first-order chi connectivity index (χ1) is 12.4. The second-order valence-corrected chi connectivity index (χ2v) is 7.50. The van der Waals surface area contributed by atoms with Crippen LogP contribution in [0.4, 0.5) is 5.82 Å². The number of pyridine rings is 1. The van der Waals surface area contributed by atoms with Crippen molar-refractivity contribution in [3.05, 3.63) is 74.1 Å². The molecule has 1 aromatic carbocycles. The van der Waals surface area contributed by atoms with Crippen LogP contribution in [-0.4, -0.2) is 10.9 Å². The van der Waals surface area contributed by atoms with Gasteiger partial charge in [-0.2, -0.15) is 0 Å². The Bertz CT molecular complexity index is 912. The van der Waals surface area contributed by atoms with Gasteiger partial charge >= 0.3 is 0 Å². The van der Waals surface area contributed by atoms with Gasteiger partial charge in [0, 0.05) is 11.8 Å². The van der Waals surface area contributed by atoms with Gasteiger partial charge in [-0.25, -0.2) is 4.98 Å². The van der Waals surface area contributed by atoms with Gasteiger partial charge in [0.05, 0.1) is 9.90 Å². The molecule has 26 heavy (non-hydrogen) atoms. The van der Waals surface area contributed by atoms with Gasteiger partial charge in [0.25, 0.3) is 5.91 Å². The number of nitrogens with one attached hydrogen (secondary N) is 1. The Hall–Kier alpha value is -2.37. The zero-order valence-corrected chi connectivity index (χ0v) is 16.4. The Labute approximate surface area is 161 Å². The summed E-state index contributed by atoms with van der Waals surface area (Å²) < 4.78 is 5.98. The summed E-state index contributed by atoms with van der Waals surface area (Å²) in [6.07, 6.45) is 1.50. The van der Waals surface area contributed by atoms with E-state index < -0.39 is 0 Å². The highest BCUT2D eigenvalue weighted by atomic mass is 35.5. The SMILES string of the molecule is Cc1cc(C)c(OCc2csc(C(=O)Nc3ccc(Cl)cn3)c2)c(C)c1. The fourth-order valence-corrected chi connectivity index (χ4v) is 3.65. The van der Waals surface area contributed by atoms with E-state index in [4.69, 9.17) is 16.3 Å². The normalized spacial score (nSPS) is 10.6. The fraction of sp³-hybridized carbons (Fsp3) is 0.200. The van der Waals surface area contributed by atoms with Crippen molar-refractivity contribution in [2.24, 2.45) is 0 Å². The van der Waals surface area contributed by atoms with Gasteiger partial charge in [0.1, 0.15) is 18.2 Å². The third-order valence-electron chi connectivity index (χ3n) is 3.83. The van der Waals surface area contributed by atoms with Crippen LogP contribution in [0.15, 0.2) is 41.9 Å². The Kier molecular flexibility index (Phi) is 5.59. The van der Waals surface area contributed by atoms with Gasteiger partial charge in [-0.1, -0.05) is 29.3 Å². The molecule has 0 aliphatic carbocycles. The van der Waals surface area contributed by atoms with Crippen LogP contribution in [0.3, 0.4) is 0 Å². The smallest absolute Gasteiger partial charge is 0.266 e. The number of aryl methyl sites for hydroxylation is 3. The molecule has 0 aliphatic rings. The van der Waals surface area contributed by atoms with Gasteiger partial charge in [-0.05, 0) is 55.5 Å². The largest absolute Gasteiger partial charge is 0.488 e. The van der Waals surface area contributed by atoms with Crippen molar-refractivity contribution >= 4 is 34.7 Å². The lowest BCUT2D eigenvalue weighted by atomic mass is 10.1. The molecular formula is C20H19ClN2O2S. The second kappa shape index (κ2) is 7.89. The number of hydrogen-bond acceptors (Lipinski definition) is 4. The second-order valence-electron chi connectivity index (χ2n) is 6.15. The van der Waals surface area contributed by atoms with E-state index in [9.17, 15) is 4.79 Å². The highest BCUT2D eigenvalue weighted by molar-refractivity contribution is 7.12. The number of hydrogen-bond donors (Lipinski definition) is 1. The predicted octanol–water partition coefficient (Wildman–Crippen LogP) is 5.55. The molecule has 0 bridgehead atoms. The van der Waals surface area contributed by atoms with Crippen LogP contribution in [0.25, 0.3) is 0 Å². The van der Waals surface area contributed by atoms with E-state index in [1.54, 1.807) is 12.1 Å². The van der Waals surface area contributed by atoms with Crippen LogP contribution in [0.2, 0.25) is 5.02 Å². The number of halogens is 1. The number of rotatable bonds is 5. The molecule has 0 saturated heterocycles. The highest BCUT2D eigenvalue weighted by Gasteiger charge is 2.12. The number of anilines is 1. The lowest BCUT2D eigenvalue weighted by Gasteiger charge is -2.12. The van der Waals surface area contributed by atoms with E-state index in [0.717, 1.165) is 22.4 Å². The summed E-state index contributed by atoms with van der Waals surface area (Å²) >= 11 is 7.18. The van der Waals surface area contributed by atoms with Crippen LogP contribution in [0.5, 0.6) is 5.75 Å². The third-order valence-corrected chi connectivity index (χ3v) is 5.04. The molecule has 0 aliphatic heterocycles. The Morgan fingerprint density at radius 1 is 1.19 bits per heavy atom. The number of ether oxygens (including phenoxy) is 1. The molecule has 2 heterocycles. The molecule has 1 amide bonds. The van der Waals surface area contributed by atoms with Crippen LogP contribution in [-0.2, 0) is 6.61 Å². The van der Waals surface area contributed by atoms with Gasteiger partial charge in [0.2, 0.25) is 0 Å². The maximum absolute atomic E-state index is 12.3. The van der Waals surface area contributed by atoms with Crippen LogP contribution in [0.1, 0.15) is 31.9 Å². The molecule has 6 heteroatoms. The monoisotopic (exact) mass is 386 g/mol. The summed E-state index contributed by atoms with van der Waals surface area (Å²) in [5.74, 6) is 1.17. The molecule has 0 saturated carbocycles. The molecule has 3 rings (SSSR count). The predicted molar refractivity (Wildman–Crippen MR) is 107 cm³/mol. The first-order valence-electron chi connectivity index (χ1n) is 8.13. The minimum absolute atomic E-state index is 0.196. The minimum Gasteiger partial charge on any atom is -0.488 e. The summed E-state index contributed by atoms with van der Waals surface area (Å²) in [5, 5.41) is 5.22. The van der Waals surface area contributed by atoms with E-state index in [1.165, 1.54) is 23.1 Å². The number of aromatic nitrogens is 1. The molecule has 134 valence electrons. The maximum Gasteiger partial charge on any atom is 0.266 e. The molecule has 4 nitrogen and oxygen atoms in total. The van der Waals surface area contributed by atoms with Gasteiger partial charge < -0.3 is 10.1 Å². The molecule has 2 aromatic heterocycles. The number of benzene rings is 1. The topological polar surface area (TPSA) is 51.2 Å². The van der Waals surface area contributed by atoms with E-state index in [-0.39, 0.29) is 5.91 Å². The summed E-state index contributed by atoms with van der Waals surface area (Å²) in [7, 11) is 0. The number of carbonyl (C=O) groups excluding carboxylic acids is 1. The Morgan fingerprint density at radius 3 is 2.58 bits per heavy atom. The first-order valence-corrected chi connectivity index (χ1v) is 9.39. The van der Waals surface area contributed by atoms with E-state index in [2.05, 4.69) is 29.4 Å². The highest BCUT2D eigenvalue weighted by Crippen LogP contribution is 2.26. The van der Waals surface area contributed by atoms with Crippen LogP contribution >= 0.6 is 22.9 Å². The van der Waals surface area contributed by atoms with E-state index in [0.29, 0.717) is 22.3 Å². The number of carbonyl (C=O) groups is 1. The van der Waals surface area contributed by atoms with Gasteiger partial charge in [-0.3, -0.25) is 4.79 Å². The number of thiophene rings is 1. The average Bonchev–Trinajstić information content (AvgIpc) is 3.05. The quantitative estimate of drug-likeness (QED) is 0.625. The summed E-state index contributed by atoms with van der Waals surface area (Å²) in [5.41, 5.74) is 4.41. The standard InChI is InChI=1S/C20H19ClN2O2S/c1-12-6-13(2)19(14(3)7-12)25-10-15-8-17(26-11-15)20(24)23-18-5-4-16(21)9-22-18/h4-9,11H,10H2,1-3H3,(H,22,23,24). The average molecular weight is 387 g/mol. The molecule has 0 unspecified atom stereocenters. The molecule has 0 atom stereocenters. The summed E-state index contributed by atoms with van der Waals surface area (Å²) in [6, 6.07) is 9.40.